The van der Waals surface area contributed by atoms with E-state index in [0.29, 0.717) is 5.56 Å². The highest BCUT2D eigenvalue weighted by atomic mass is 16.2. The fourth-order valence-electron chi connectivity index (χ4n) is 2.78. The number of nitrogens with one attached hydrogen (secondary N) is 2. The normalized spacial score (nSPS) is 10.3. The van der Waals surface area contributed by atoms with Crippen LogP contribution in [0.5, 0.6) is 0 Å². The minimum atomic E-state index is -0.256. The fourth-order valence-corrected chi connectivity index (χ4v) is 2.78. The van der Waals surface area contributed by atoms with Gasteiger partial charge in [-0.25, -0.2) is 0 Å². The highest BCUT2D eigenvalue weighted by Gasteiger charge is 2.15. The van der Waals surface area contributed by atoms with E-state index in [1.54, 1.807) is 19.2 Å². The van der Waals surface area contributed by atoms with Gasteiger partial charge in [-0.15, -0.1) is 0 Å². The molecule has 2 aromatic carbocycles. The number of carbonyl (C=O) groups excluding carboxylic acids is 3. The van der Waals surface area contributed by atoms with Crippen molar-refractivity contribution >= 4 is 23.4 Å². The molecule has 0 saturated heterocycles. The van der Waals surface area contributed by atoms with Crippen LogP contribution in [0, 0.1) is 20.8 Å². The van der Waals surface area contributed by atoms with E-state index in [9.17, 15) is 14.4 Å². The number of hydrogen-bond acceptors (Lipinski definition) is 3. The third-order valence-corrected chi connectivity index (χ3v) is 4.70. The first-order valence-electron chi connectivity index (χ1n) is 9.23. The summed E-state index contributed by atoms with van der Waals surface area (Å²) in [6.07, 6.45) is 0.130. The summed E-state index contributed by atoms with van der Waals surface area (Å²) in [5, 5.41) is 5.58. The molecule has 0 saturated carbocycles. The average molecular weight is 381 g/mol. The molecule has 0 unspecified atom stereocenters. The molecular weight excluding hydrogens is 354 g/mol. The predicted octanol–water partition coefficient (Wildman–Crippen LogP) is 2.83. The van der Waals surface area contributed by atoms with E-state index in [4.69, 9.17) is 0 Å². The number of amides is 3. The van der Waals surface area contributed by atoms with Crippen molar-refractivity contribution in [1.82, 2.24) is 10.2 Å². The second-order valence-corrected chi connectivity index (χ2v) is 6.87. The van der Waals surface area contributed by atoms with E-state index in [1.807, 2.05) is 51.1 Å². The molecule has 0 radical (unpaired) electrons. The molecule has 0 aromatic heterocycles. The molecule has 2 rings (SSSR count). The molecule has 3 amide bonds. The molecule has 0 aliphatic carbocycles. The lowest BCUT2D eigenvalue weighted by atomic mass is 10.1. The third-order valence-electron chi connectivity index (χ3n) is 4.70. The van der Waals surface area contributed by atoms with Crippen molar-refractivity contribution in [3.8, 4) is 0 Å². The zero-order chi connectivity index (χ0) is 20.7. The van der Waals surface area contributed by atoms with Crippen LogP contribution in [-0.2, 0) is 9.59 Å². The number of nitrogens with zero attached hydrogens (tertiary/aromatic N) is 1. The molecule has 0 atom stereocenters. The van der Waals surface area contributed by atoms with Gasteiger partial charge in [0.15, 0.2) is 0 Å². The highest BCUT2D eigenvalue weighted by molar-refractivity contribution is 5.96. The molecule has 0 fully saturated rings. The van der Waals surface area contributed by atoms with Gasteiger partial charge >= 0.3 is 0 Å². The lowest BCUT2D eigenvalue weighted by Gasteiger charge is -2.18. The summed E-state index contributed by atoms with van der Waals surface area (Å²) < 4.78 is 0. The molecule has 2 N–H and O–H groups in total. The first-order valence-corrected chi connectivity index (χ1v) is 9.23. The summed E-state index contributed by atoms with van der Waals surface area (Å²) in [5.41, 5.74) is 4.31. The van der Waals surface area contributed by atoms with Crippen LogP contribution in [0.25, 0.3) is 0 Å². The van der Waals surface area contributed by atoms with Crippen molar-refractivity contribution in [2.45, 2.75) is 27.2 Å². The zero-order valence-corrected chi connectivity index (χ0v) is 16.8. The van der Waals surface area contributed by atoms with Gasteiger partial charge in [0.05, 0.1) is 6.54 Å². The topological polar surface area (TPSA) is 78.5 Å². The molecule has 6 nitrogen and oxygen atoms in total. The lowest BCUT2D eigenvalue weighted by Crippen LogP contribution is -2.37. The summed E-state index contributed by atoms with van der Waals surface area (Å²) in [7, 11) is 1.58. The summed E-state index contributed by atoms with van der Waals surface area (Å²) in [6.45, 7) is 5.96. The maximum atomic E-state index is 12.2. The Morgan fingerprint density at radius 3 is 2.32 bits per heavy atom. The summed E-state index contributed by atoms with van der Waals surface area (Å²) in [6, 6.07) is 13.0. The van der Waals surface area contributed by atoms with Crippen molar-refractivity contribution in [2.75, 3.05) is 25.5 Å². The van der Waals surface area contributed by atoms with Crippen LogP contribution in [0.4, 0.5) is 5.69 Å². The van der Waals surface area contributed by atoms with E-state index < -0.39 is 0 Å². The number of aryl methyl sites for hydroxylation is 2. The van der Waals surface area contributed by atoms with Gasteiger partial charge in [-0.3, -0.25) is 14.4 Å². The standard InChI is InChI=1S/C22H27N3O3/c1-15-9-7-11-19(17(15)3)24-20(26)14-25(4)21(27)12-13-23-22(28)18-10-6-5-8-16(18)2/h5-11H,12-14H2,1-4H3,(H,23,28)(H,24,26). The Balaban J connectivity index is 1.79. The maximum absolute atomic E-state index is 12.2. The van der Waals surface area contributed by atoms with E-state index in [2.05, 4.69) is 10.6 Å². The van der Waals surface area contributed by atoms with Crippen LogP contribution in [0.1, 0.15) is 33.5 Å². The van der Waals surface area contributed by atoms with E-state index in [1.165, 1.54) is 4.90 Å². The van der Waals surface area contributed by atoms with Crippen LogP contribution in [0.2, 0.25) is 0 Å². The minimum Gasteiger partial charge on any atom is -0.352 e. The molecule has 0 spiro atoms. The Labute approximate surface area is 165 Å². The Bertz CT molecular complexity index is 877. The number of carbonyl (C=O) groups is 3. The van der Waals surface area contributed by atoms with Gasteiger partial charge in [-0.2, -0.15) is 0 Å². The molecule has 28 heavy (non-hydrogen) atoms. The van der Waals surface area contributed by atoms with Gasteiger partial charge in [0, 0.05) is 31.3 Å². The zero-order valence-electron chi connectivity index (χ0n) is 16.8. The Kier molecular flexibility index (Phi) is 7.32. The molecular formula is C22H27N3O3. The summed E-state index contributed by atoms with van der Waals surface area (Å²) >= 11 is 0. The number of benzene rings is 2. The van der Waals surface area contributed by atoms with Crippen LogP contribution >= 0.6 is 0 Å². The van der Waals surface area contributed by atoms with E-state index >= 15 is 0 Å². The number of rotatable bonds is 7. The van der Waals surface area contributed by atoms with Crippen LogP contribution < -0.4 is 10.6 Å². The quantitative estimate of drug-likeness (QED) is 0.774. The monoisotopic (exact) mass is 381 g/mol. The smallest absolute Gasteiger partial charge is 0.251 e. The fraction of sp³-hybridized carbons (Fsp3) is 0.318. The number of likely N-dealkylation sites (N-methyl/N-ethyl adjacent to an activating group) is 1. The maximum Gasteiger partial charge on any atom is 0.251 e. The Hall–Kier alpha value is -3.15. The van der Waals surface area contributed by atoms with Crippen molar-refractivity contribution in [3.05, 3.63) is 64.7 Å². The average Bonchev–Trinajstić information content (AvgIpc) is 2.65. The molecule has 0 heterocycles. The Morgan fingerprint density at radius 1 is 0.929 bits per heavy atom. The van der Waals surface area contributed by atoms with Crippen molar-refractivity contribution in [1.29, 1.82) is 0 Å². The van der Waals surface area contributed by atoms with Gasteiger partial charge in [-0.05, 0) is 49.6 Å². The minimum absolute atomic E-state index is 0.0437. The van der Waals surface area contributed by atoms with Gasteiger partial charge in [0.1, 0.15) is 0 Å². The van der Waals surface area contributed by atoms with Crippen LogP contribution in [0.3, 0.4) is 0 Å². The van der Waals surface area contributed by atoms with Crippen molar-refractivity contribution in [3.63, 3.8) is 0 Å². The summed E-state index contributed by atoms with van der Waals surface area (Å²) in [5.74, 6) is -0.670. The molecule has 0 aliphatic rings. The SMILES string of the molecule is Cc1ccccc1C(=O)NCCC(=O)N(C)CC(=O)Nc1cccc(C)c1C. The lowest BCUT2D eigenvalue weighted by molar-refractivity contribution is -0.133. The molecule has 2 aromatic rings. The van der Waals surface area contributed by atoms with Crippen molar-refractivity contribution < 1.29 is 14.4 Å². The number of hydrogen-bond donors (Lipinski definition) is 2. The number of anilines is 1. The molecule has 0 aliphatic heterocycles. The molecule has 0 bridgehead atoms. The van der Waals surface area contributed by atoms with Gasteiger partial charge in [-0.1, -0.05) is 30.3 Å². The largest absolute Gasteiger partial charge is 0.352 e. The predicted molar refractivity (Wildman–Crippen MR) is 110 cm³/mol. The van der Waals surface area contributed by atoms with E-state index in [0.717, 1.165) is 22.4 Å². The second kappa shape index (κ2) is 9.69. The van der Waals surface area contributed by atoms with Gasteiger partial charge in [0.2, 0.25) is 11.8 Å². The highest BCUT2D eigenvalue weighted by Crippen LogP contribution is 2.17. The van der Waals surface area contributed by atoms with Crippen molar-refractivity contribution in [2.24, 2.45) is 0 Å². The van der Waals surface area contributed by atoms with Gasteiger partial charge in [0.25, 0.3) is 5.91 Å². The first-order chi connectivity index (χ1) is 13.3. The third kappa shape index (κ3) is 5.67. The molecule has 6 heteroatoms. The second-order valence-electron chi connectivity index (χ2n) is 6.87. The van der Waals surface area contributed by atoms with Crippen LogP contribution in [0.15, 0.2) is 42.5 Å². The Morgan fingerprint density at radius 2 is 1.61 bits per heavy atom. The summed E-state index contributed by atoms with van der Waals surface area (Å²) in [4.78, 5) is 38.0. The van der Waals surface area contributed by atoms with Gasteiger partial charge < -0.3 is 15.5 Å². The molecule has 148 valence electrons. The van der Waals surface area contributed by atoms with Crippen LogP contribution in [-0.4, -0.2) is 42.8 Å². The first kappa shape index (κ1) is 21.2. The van der Waals surface area contributed by atoms with E-state index in [-0.39, 0.29) is 37.2 Å².